The quantitative estimate of drug-likeness (QED) is 0.635. The predicted molar refractivity (Wildman–Crippen MR) is 80.8 cm³/mol. The molecule has 2 rings (SSSR count). The number of allylic oxidation sites excluding steroid dienone is 5. The Morgan fingerprint density at radius 3 is 2.67 bits per heavy atom. The molecule has 0 bridgehead atoms. The molecule has 0 saturated carbocycles. The molecule has 18 heavy (non-hydrogen) atoms. The molecule has 0 aliphatic heterocycles. The zero-order valence-corrected chi connectivity index (χ0v) is 11.8. The van der Waals surface area contributed by atoms with Crippen LogP contribution in [0.4, 0.5) is 0 Å². The Bertz CT molecular complexity index is 525. The molecule has 1 aromatic carbocycles. The Hall–Kier alpha value is -1.56. The first-order valence-electron chi connectivity index (χ1n) is 6.72. The SMILES string of the molecule is CC/C=C\C=C/C1=Cc2ccc(C)cc2C1(C)C. The fourth-order valence-electron chi connectivity index (χ4n) is 2.47. The normalized spacial score (nSPS) is 17.4. The summed E-state index contributed by atoms with van der Waals surface area (Å²) in [5.41, 5.74) is 5.67. The summed E-state index contributed by atoms with van der Waals surface area (Å²) >= 11 is 0. The fourth-order valence-corrected chi connectivity index (χ4v) is 2.47. The topological polar surface area (TPSA) is 0 Å². The molecular formula is C18H22. The van der Waals surface area contributed by atoms with E-state index in [2.05, 4.69) is 76.3 Å². The largest absolute Gasteiger partial charge is 0.0848 e. The van der Waals surface area contributed by atoms with Crippen molar-refractivity contribution in [1.29, 1.82) is 0 Å². The predicted octanol–water partition coefficient (Wildman–Crippen LogP) is 5.19. The van der Waals surface area contributed by atoms with Gasteiger partial charge in [0.05, 0.1) is 0 Å². The van der Waals surface area contributed by atoms with Crippen LogP contribution < -0.4 is 0 Å². The highest BCUT2D eigenvalue weighted by Crippen LogP contribution is 2.42. The summed E-state index contributed by atoms with van der Waals surface area (Å²) in [4.78, 5) is 0. The van der Waals surface area contributed by atoms with E-state index in [0.717, 1.165) is 6.42 Å². The Morgan fingerprint density at radius 1 is 1.17 bits per heavy atom. The van der Waals surface area contributed by atoms with E-state index in [4.69, 9.17) is 0 Å². The molecule has 0 heteroatoms. The summed E-state index contributed by atoms with van der Waals surface area (Å²) in [6.07, 6.45) is 12.1. The first kappa shape index (κ1) is 12.9. The van der Waals surface area contributed by atoms with E-state index < -0.39 is 0 Å². The van der Waals surface area contributed by atoms with Gasteiger partial charge in [-0.15, -0.1) is 0 Å². The molecule has 0 fully saturated rings. The molecule has 0 nitrogen and oxygen atoms in total. The fraction of sp³-hybridized carbons (Fsp3) is 0.333. The van der Waals surface area contributed by atoms with Gasteiger partial charge in [0.15, 0.2) is 0 Å². The molecule has 0 unspecified atom stereocenters. The molecular weight excluding hydrogens is 216 g/mol. The summed E-state index contributed by atoms with van der Waals surface area (Å²) < 4.78 is 0. The van der Waals surface area contributed by atoms with Crippen molar-refractivity contribution >= 4 is 6.08 Å². The molecule has 0 aromatic heterocycles. The van der Waals surface area contributed by atoms with Crippen LogP contribution in [-0.2, 0) is 5.41 Å². The first-order valence-corrected chi connectivity index (χ1v) is 6.72. The van der Waals surface area contributed by atoms with Crippen LogP contribution in [0.25, 0.3) is 6.08 Å². The molecule has 0 heterocycles. The second kappa shape index (κ2) is 4.97. The number of fused-ring (bicyclic) bond motifs is 1. The smallest absolute Gasteiger partial charge is 0.0152 e. The first-order chi connectivity index (χ1) is 8.55. The third-order valence-electron chi connectivity index (χ3n) is 3.67. The molecule has 94 valence electrons. The number of aryl methyl sites for hydroxylation is 1. The number of hydrogen-bond donors (Lipinski definition) is 0. The van der Waals surface area contributed by atoms with E-state index in [1.165, 1.54) is 22.3 Å². The van der Waals surface area contributed by atoms with Gasteiger partial charge in [-0.05, 0) is 30.0 Å². The maximum atomic E-state index is 2.31. The van der Waals surface area contributed by atoms with Crippen molar-refractivity contribution in [3.63, 3.8) is 0 Å². The van der Waals surface area contributed by atoms with Gasteiger partial charge >= 0.3 is 0 Å². The van der Waals surface area contributed by atoms with Crippen LogP contribution in [-0.4, -0.2) is 0 Å². The Kier molecular flexibility index (Phi) is 3.56. The van der Waals surface area contributed by atoms with Gasteiger partial charge in [-0.3, -0.25) is 0 Å². The third kappa shape index (κ3) is 2.33. The van der Waals surface area contributed by atoms with Crippen LogP contribution in [0.15, 0.2) is 48.1 Å². The molecule has 1 aromatic rings. The lowest BCUT2D eigenvalue weighted by molar-refractivity contribution is 0.654. The maximum Gasteiger partial charge on any atom is 0.0152 e. The second-order valence-electron chi connectivity index (χ2n) is 5.51. The van der Waals surface area contributed by atoms with Crippen molar-refractivity contribution < 1.29 is 0 Å². The minimum Gasteiger partial charge on any atom is -0.0848 e. The standard InChI is InChI=1S/C18H22/c1-5-6-7-8-9-16-13-15-11-10-14(2)12-17(15)18(16,3)4/h6-13H,5H2,1-4H3/b7-6-,9-8-. The molecule has 0 atom stereocenters. The van der Waals surface area contributed by atoms with Crippen LogP contribution in [0.2, 0.25) is 0 Å². The zero-order valence-electron chi connectivity index (χ0n) is 11.8. The van der Waals surface area contributed by atoms with Gasteiger partial charge in [0.2, 0.25) is 0 Å². The van der Waals surface area contributed by atoms with E-state index in [0.29, 0.717) is 0 Å². The Morgan fingerprint density at radius 2 is 1.94 bits per heavy atom. The van der Waals surface area contributed by atoms with Crippen LogP contribution in [0.1, 0.15) is 43.9 Å². The zero-order chi connectivity index (χ0) is 13.2. The van der Waals surface area contributed by atoms with E-state index in [1.807, 2.05) is 0 Å². The Labute approximate surface area is 111 Å². The van der Waals surface area contributed by atoms with Crippen LogP contribution in [0, 0.1) is 6.92 Å². The lowest BCUT2D eigenvalue weighted by Gasteiger charge is -2.23. The van der Waals surface area contributed by atoms with Gasteiger partial charge in [0.1, 0.15) is 0 Å². The van der Waals surface area contributed by atoms with E-state index in [9.17, 15) is 0 Å². The van der Waals surface area contributed by atoms with Crippen molar-refractivity contribution in [2.24, 2.45) is 0 Å². The molecule has 1 aliphatic rings. The number of hydrogen-bond acceptors (Lipinski definition) is 0. The molecule has 0 saturated heterocycles. The van der Waals surface area contributed by atoms with Gasteiger partial charge in [0, 0.05) is 5.41 Å². The van der Waals surface area contributed by atoms with Crippen LogP contribution in [0.3, 0.4) is 0 Å². The van der Waals surface area contributed by atoms with Gasteiger partial charge in [-0.25, -0.2) is 0 Å². The summed E-state index contributed by atoms with van der Waals surface area (Å²) in [5.74, 6) is 0. The number of rotatable bonds is 3. The minimum absolute atomic E-state index is 0.123. The van der Waals surface area contributed by atoms with E-state index in [-0.39, 0.29) is 5.41 Å². The number of benzene rings is 1. The molecule has 0 N–H and O–H groups in total. The highest BCUT2D eigenvalue weighted by Gasteiger charge is 2.31. The van der Waals surface area contributed by atoms with Gasteiger partial charge < -0.3 is 0 Å². The summed E-state index contributed by atoms with van der Waals surface area (Å²) in [5, 5.41) is 0. The highest BCUT2D eigenvalue weighted by molar-refractivity contribution is 5.72. The summed E-state index contributed by atoms with van der Waals surface area (Å²) in [6, 6.07) is 6.73. The molecule has 1 aliphatic carbocycles. The third-order valence-corrected chi connectivity index (χ3v) is 3.67. The maximum absolute atomic E-state index is 2.31. The lowest BCUT2D eigenvalue weighted by Crippen LogP contribution is -2.16. The van der Waals surface area contributed by atoms with Gasteiger partial charge in [-0.2, -0.15) is 0 Å². The average molecular weight is 238 g/mol. The Balaban J connectivity index is 2.31. The van der Waals surface area contributed by atoms with Crippen molar-refractivity contribution in [3.05, 3.63) is 64.8 Å². The lowest BCUT2D eigenvalue weighted by atomic mass is 9.80. The van der Waals surface area contributed by atoms with E-state index in [1.54, 1.807) is 0 Å². The van der Waals surface area contributed by atoms with Gasteiger partial charge in [-0.1, -0.05) is 74.9 Å². The van der Waals surface area contributed by atoms with E-state index >= 15 is 0 Å². The minimum atomic E-state index is 0.123. The van der Waals surface area contributed by atoms with Crippen molar-refractivity contribution in [2.45, 2.75) is 39.5 Å². The second-order valence-corrected chi connectivity index (χ2v) is 5.51. The van der Waals surface area contributed by atoms with Crippen molar-refractivity contribution in [1.82, 2.24) is 0 Å². The van der Waals surface area contributed by atoms with Crippen molar-refractivity contribution in [2.75, 3.05) is 0 Å². The summed E-state index contributed by atoms with van der Waals surface area (Å²) in [6.45, 7) is 8.92. The van der Waals surface area contributed by atoms with Crippen LogP contribution in [0.5, 0.6) is 0 Å². The van der Waals surface area contributed by atoms with Crippen molar-refractivity contribution in [3.8, 4) is 0 Å². The average Bonchev–Trinajstić information content (AvgIpc) is 2.57. The molecule has 0 radical (unpaired) electrons. The van der Waals surface area contributed by atoms with Crippen LogP contribution >= 0.6 is 0 Å². The summed E-state index contributed by atoms with van der Waals surface area (Å²) in [7, 11) is 0. The monoisotopic (exact) mass is 238 g/mol. The molecule has 0 amide bonds. The van der Waals surface area contributed by atoms with Gasteiger partial charge in [0.25, 0.3) is 0 Å². The molecule has 0 spiro atoms. The highest BCUT2D eigenvalue weighted by atomic mass is 14.3.